The molecule has 0 aliphatic carbocycles. The smallest absolute Gasteiger partial charge is 0.230 e. The lowest BCUT2D eigenvalue weighted by molar-refractivity contribution is 0.122. The first-order valence-corrected chi connectivity index (χ1v) is 7.90. The van der Waals surface area contributed by atoms with Crippen LogP contribution in [0.15, 0.2) is 9.50 Å². The zero-order valence-electron chi connectivity index (χ0n) is 10.6. The van der Waals surface area contributed by atoms with Crippen molar-refractivity contribution < 1.29 is 4.74 Å². The molecular weight excluding hydrogens is 320 g/mol. The SMILES string of the molecule is Cc1nsc(Sc2nc(Cl)nc(N3CCOCC3)n2)n1. The summed E-state index contributed by atoms with van der Waals surface area (Å²) in [6.07, 6.45) is 0. The summed E-state index contributed by atoms with van der Waals surface area (Å²) in [6.45, 7) is 4.69. The first-order chi connectivity index (χ1) is 9.70. The molecule has 0 radical (unpaired) electrons. The van der Waals surface area contributed by atoms with Crippen molar-refractivity contribution in [2.75, 3.05) is 31.2 Å². The molecule has 0 unspecified atom stereocenters. The molecule has 0 spiro atoms. The van der Waals surface area contributed by atoms with Crippen LogP contribution in [0.5, 0.6) is 0 Å². The second kappa shape index (κ2) is 6.17. The van der Waals surface area contributed by atoms with Gasteiger partial charge in [0, 0.05) is 13.1 Å². The predicted octanol–water partition coefficient (Wildman–Crippen LogP) is 1.67. The van der Waals surface area contributed by atoms with E-state index in [1.807, 2.05) is 11.8 Å². The number of anilines is 1. The summed E-state index contributed by atoms with van der Waals surface area (Å²) in [6, 6.07) is 0. The van der Waals surface area contributed by atoms with Gasteiger partial charge >= 0.3 is 0 Å². The Morgan fingerprint density at radius 1 is 1.20 bits per heavy atom. The van der Waals surface area contributed by atoms with Crippen molar-refractivity contribution in [2.24, 2.45) is 0 Å². The minimum Gasteiger partial charge on any atom is -0.378 e. The fourth-order valence-corrected chi connectivity index (χ4v) is 3.38. The number of hydrogen-bond donors (Lipinski definition) is 0. The maximum Gasteiger partial charge on any atom is 0.230 e. The van der Waals surface area contributed by atoms with Crippen molar-refractivity contribution in [2.45, 2.75) is 16.4 Å². The molecule has 2 aromatic rings. The molecule has 2 aromatic heterocycles. The van der Waals surface area contributed by atoms with Gasteiger partial charge in [-0.15, -0.1) is 0 Å². The Hall–Kier alpha value is -1.03. The van der Waals surface area contributed by atoms with Crippen molar-refractivity contribution in [1.82, 2.24) is 24.3 Å². The Labute approximate surface area is 128 Å². The van der Waals surface area contributed by atoms with E-state index in [0.29, 0.717) is 24.3 Å². The molecule has 0 N–H and O–H groups in total. The Bertz CT molecular complexity index is 603. The average molecular weight is 331 g/mol. The van der Waals surface area contributed by atoms with Gasteiger partial charge in [0.25, 0.3) is 0 Å². The number of aromatic nitrogens is 5. The molecule has 0 amide bonds. The summed E-state index contributed by atoms with van der Waals surface area (Å²) in [5, 5.41) is 0.716. The first-order valence-electron chi connectivity index (χ1n) is 5.93. The average Bonchev–Trinajstić information content (AvgIpc) is 2.84. The molecule has 0 bridgehead atoms. The molecule has 0 aromatic carbocycles. The number of nitrogens with zero attached hydrogens (tertiary/aromatic N) is 6. The van der Waals surface area contributed by atoms with E-state index in [0.717, 1.165) is 23.3 Å². The molecule has 7 nitrogen and oxygen atoms in total. The van der Waals surface area contributed by atoms with Crippen molar-refractivity contribution >= 4 is 40.8 Å². The Morgan fingerprint density at radius 3 is 2.70 bits per heavy atom. The van der Waals surface area contributed by atoms with E-state index < -0.39 is 0 Å². The van der Waals surface area contributed by atoms with Gasteiger partial charge in [0.1, 0.15) is 5.82 Å². The van der Waals surface area contributed by atoms with Crippen molar-refractivity contribution in [3.05, 3.63) is 11.1 Å². The standard InChI is InChI=1S/C10H11ClN6OS2/c1-6-12-10(20-16-6)19-9-14-7(11)13-8(15-9)17-2-4-18-5-3-17/h2-5H2,1H3. The molecule has 106 valence electrons. The lowest BCUT2D eigenvalue weighted by atomic mass is 10.4. The molecule has 3 rings (SSSR count). The van der Waals surface area contributed by atoms with Crippen LogP contribution in [-0.2, 0) is 4.74 Å². The third-order valence-electron chi connectivity index (χ3n) is 2.56. The van der Waals surface area contributed by atoms with Crippen LogP contribution in [0.2, 0.25) is 5.28 Å². The van der Waals surface area contributed by atoms with E-state index in [-0.39, 0.29) is 5.28 Å². The summed E-state index contributed by atoms with van der Waals surface area (Å²) in [5.41, 5.74) is 0. The molecule has 1 saturated heterocycles. The Kier molecular flexibility index (Phi) is 4.29. The molecule has 1 aliphatic heterocycles. The van der Waals surface area contributed by atoms with E-state index in [1.165, 1.54) is 23.3 Å². The number of halogens is 1. The highest BCUT2D eigenvalue weighted by Crippen LogP contribution is 2.27. The number of ether oxygens (including phenoxy) is 1. The Balaban J connectivity index is 1.82. The van der Waals surface area contributed by atoms with Gasteiger partial charge in [-0.25, -0.2) is 4.98 Å². The van der Waals surface area contributed by atoms with E-state index in [1.54, 1.807) is 0 Å². The van der Waals surface area contributed by atoms with Gasteiger partial charge in [-0.1, -0.05) is 0 Å². The lowest BCUT2D eigenvalue weighted by Gasteiger charge is -2.26. The van der Waals surface area contributed by atoms with Gasteiger partial charge in [-0.3, -0.25) is 0 Å². The van der Waals surface area contributed by atoms with Gasteiger partial charge < -0.3 is 9.64 Å². The molecular formula is C10H11ClN6OS2. The predicted molar refractivity (Wildman–Crippen MR) is 76.6 cm³/mol. The van der Waals surface area contributed by atoms with Crippen LogP contribution in [0.25, 0.3) is 0 Å². The summed E-state index contributed by atoms with van der Waals surface area (Å²) in [7, 11) is 0. The summed E-state index contributed by atoms with van der Waals surface area (Å²) in [5.74, 6) is 1.32. The number of rotatable bonds is 3. The third kappa shape index (κ3) is 3.35. The molecule has 1 fully saturated rings. The highest BCUT2D eigenvalue weighted by atomic mass is 35.5. The zero-order chi connectivity index (χ0) is 13.9. The van der Waals surface area contributed by atoms with Gasteiger partial charge in [-0.2, -0.15) is 19.3 Å². The van der Waals surface area contributed by atoms with Crippen LogP contribution in [0.1, 0.15) is 5.82 Å². The van der Waals surface area contributed by atoms with Crippen molar-refractivity contribution in [1.29, 1.82) is 0 Å². The summed E-state index contributed by atoms with van der Waals surface area (Å²) in [4.78, 5) is 19.0. The fraction of sp³-hybridized carbons (Fsp3) is 0.500. The quantitative estimate of drug-likeness (QED) is 0.841. The molecule has 0 saturated carbocycles. The van der Waals surface area contributed by atoms with Crippen LogP contribution in [0.3, 0.4) is 0 Å². The van der Waals surface area contributed by atoms with Gasteiger partial charge in [0.2, 0.25) is 16.4 Å². The monoisotopic (exact) mass is 330 g/mol. The second-order valence-corrected chi connectivity index (χ2v) is 6.30. The summed E-state index contributed by atoms with van der Waals surface area (Å²) >= 11 is 8.63. The second-order valence-electron chi connectivity index (χ2n) is 4.00. The largest absolute Gasteiger partial charge is 0.378 e. The minimum absolute atomic E-state index is 0.185. The topological polar surface area (TPSA) is 76.9 Å². The van der Waals surface area contributed by atoms with Gasteiger partial charge in [0.05, 0.1) is 13.2 Å². The van der Waals surface area contributed by atoms with Crippen LogP contribution >= 0.6 is 34.9 Å². The maximum atomic E-state index is 5.97. The Morgan fingerprint density at radius 2 is 2.00 bits per heavy atom. The van der Waals surface area contributed by atoms with E-state index >= 15 is 0 Å². The van der Waals surface area contributed by atoms with Crippen LogP contribution in [-0.4, -0.2) is 50.6 Å². The number of morpholine rings is 1. The van der Waals surface area contributed by atoms with Gasteiger partial charge in [-0.05, 0) is 41.8 Å². The molecule has 1 aliphatic rings. The molecule has 20 heavy (non-hydrogen) atoms. The summed E-state index contributed by atoms with van der Waals surface area (Å²) < 4.78 is 10.2. The van der Waals surface area contributed by atoms with Crippen molar-refractivity contribution in [3.63, 3.8) is 0 Å². The van der Waals surface area contributed by atoms with E-state index in [9.17, 15) is 0 Å². The van der Waals surface area contributed by atoms with Crippen LogP contribution < -0.4 is 4.90 Å². The lowest BCUT2D eigenvalue weighted by Crippen LogP contribution is -2.37. The fourth-order valence-electron chi connectivity index (χ4n) is 1.67. The first kappa shape index (κ1) is 13.9. The highest BCUT2D eigenvalue weighted by Gasteiger charge is 2.17. The van der Waals surface area contributed by atoms with Crippen molar-refractivity contribution in [3.8, 4) is 0 Å². The number of aryl methyl sites for hydroxylation is 1. The normalized spacial score (nSPS) is 15.6. The van der Waals surface area contributed by atoms with E-state index in [2.05, 4.69) is 24.3 Å². The molecule has 3 heterocycles. The minimum atomic E-state index is 0.185. The van der Waals surface area contributed by atoms with E-state index in [4.69, 9.17) is 16.3 Å². The zero-order valence-corrected chi connectivity index (χ0v) is 13.0. The number of hydrogen-bond acceptors (Lipinski definition) is 9. The highest BCUT2D eigenvalue weighted by molar-refractivity contribution is 8.00. The van der Waals surface area contributed by atoms with Crippen LogP contribution in [0.4, 0.5) is 5.95 Å². The third-order valence-corrected chi connectivity index (χ3v) is 4.43. The molecule has 10 heteroatoms. The van der Waals surface area contributed by atoms with Gasteiger partial charge in [0.15, 0.2) is 4.34 Å². The molecule has 0 atom stereocenters. The maximum absolute atomic E-state index is 5.97. The van der Waals surface area contributed by atoms with Crippen LogP contribution in [0, 0.1) is 6.92 Å².